The van der Waals surface area contributed by atoms with Crippen LogP contribution in [0, 0.1) is 17.3 Å². The maximum absolute atomic E-state index is 10.9. The van der Waals surface area contributed by atoms with E-state index in [4.69, 9.17) is 9.26 Å². The summed E-state index contributed by atoms with van der Waals surface area (Å²) in [5, 5.41) is 15.2. The van der Waals surface area contributed by atoms with Crippen LogP contribution in [0.4, 0.5) is 0 Å². The third-order valence-corrected chi connectivity index (χ3v) is 7.90. The summed E-state index contributed by atoms with van der Waals surface area (Å²) in [5.74, 6) is 2.39. The largest absolute Gasteiger partial charge is 0.544 e. The lowest BCUT2D eigenvalue weighted by molar-refractivity contribution is 0.00215. The number of rotatable bonds is 3. The summed E-state index contributed by atoms with van der Waals surface area (Å²) in [5.41, 5.74) is 3.98. The highest BCUT2D eigenvalue weighted by Crippen LogP contribution is 2.60. The SMILES string of the molecule is CON=C1CC(O)C2C3CCc4cc(O[Si](C)(C)C)ccc4C3CCC12C. The fourth-order valence-corrected chi connectivity index (χ4v) is 6.92. The van der Waals surface area contributed by atoms with E-state index < -0.39 is 8.32 Å². The normalized spacial score (nSPS) is 36.7. The molecule has 0 heterocycles. The molecule has 4 rings (SSSR count). The summed E-state index contributed by atoms with van der Waals surface area (Å²) < 4.78 is 6.22. The molecule has 1 aromatic rings. The summed E-state index contributed by atoms with van der Waals surface area (Å²) in [6, 6.07) is 6.74. The van der Waals surface area contributed by atoms with Crippen molar-refractivity contribution in [1.82, 2.24) is 0 Å². The lowest BCUT2D eigenvalue weighted by Gasteiger charge is -2.49. The standard InChI is InChI=1S/C22H33NO3Si/c1-22-11-10-17-16-9-7-15(26-27(3,4)5)12-14(16)6-8-18(17)21(22)19(24)13-20(22)23-25-2/h7,9,12,17-19,21,24H,6,8,10-11,13H2,1-5H3. The van der Waals surface area contributed by atoms with Crippen LogP contribution in [0.5, 0.6) is 5.75 Å². The molecule has 0 saturated heterocycles. The van der Waals surface area contributed by atoms with E-state index in [9.17, 15) is 5.11 Å². The van der Waals surface area contributed by atoms with Crippen molar-refractivity contribution in [1.29, 1.82) is 0 Å². The van der Waals surface area contributed by atoms with Crippen molar-refractivity contribution >= 4 is 14.0 Å². The van der Waals surface area contributed by atoms with Gasteiger partial charge in [0.2, 0.25) is 8.32 Å². The first kappa shape index (κ1) is 19.0. The molecule has 0 spiro atoms. The molecule has 5 atom stereocenters. The Morgan fingerprint density at radius 3 is 2.70 bits per heavy atom. The van der Waals surface area contributed by atoms with Gasteiger partial charge in [0.1, 0.15) is 12.9 Å². The van der Waals surface area contributed by atoms with Gasteiger partial charge in [-0.15, -0.1) is 0 Å². The van der Waals surface area contributed by atoms with Gasteiger partial charge in [-0.1, -0.05) is 18.1 Å². The van der Waals surface area contributed by atoms with Gasteiger partial charge >= 0.3 is 0 Å². The van der Waals surface area contributed by atoms with E-state index in [0.29, 0.717) is 18.3 Å². The number of aliphatic hydroxyl groups excluding tert-OH is 1. The van der Waals surface area contributed by atoms with E-state index in [1.54, 1.807) is 7.11 Å². The second-order valence-electron chi connectivity index (χ2n) is 9.86. The smallest absolute Gasteiger partial charge is 0.242 e. The number of hydrogen-bond acceptors (Lipinski definition) is 4. The number of aliphatic hydroxyl groups is 1. The highest BCUT2D eigenvalue weighted by atomic mass is 28.4. The molecule has 0 radical (unpaired) electrons. The first-order valence-electron chi connectivity index (χ1n) is 10.3. The van der Waals surface area contributed by atoms with Gasteiger partial charge < -0.3 is 14.4 Å². The zero-order chi connectivity index (χ0) is 19.4. The van der Waals surface area contributed by atoms with Gasteiger partial charge in [0.15, 0.2) is 0 Å². The van der Waals surface area contributed by atoms with Crippen LogP contribution in [-0.2, 0) is 11.3 Å². The van der Waals surface area contributed by atoms with Gasteiger partial charge in [-0.3, -0.25) is 0 Å². The number of hydrogen-bond donors (Lipinski definition) is 1. The Morgan fingerprint density at radius 1 is 1.22 bits per heavy atom. The van der Waals surface area contributed by atoms with E-state index in [1.165, 1.54) is 11.1 Å². The first-order valence-corrected chi connectivity index (χ1v) is 13.7. The molecule has 3 aliphatic rings. The average Bonchev–Trinajstić information content (AvgIpc) is 2.84. The zero-order valence-corrected chi connectivity index (χ0v) is 18.3. The second kappa shape index (κ2) is 6.63. The van der Waals surface area contributed by atoms with Crippen molar-refractivity contribution < 1.29 is 14.4 Å². The Labute approximate surface area is 164 Å². The van der Waals surface area contributed by atoms with Crippen molar-refractivity contribution in [3.63, 3.8) is 0 Å². The van der Waals surface area contributed by atoms with E-state index in [1.807, 2.05) is 0 Å². The average molecular weight is 388 g/mol. The third-order valence-electron chi connectivity index (χ3n) is 7.05. The van der Waals surface area contributed by atoms with Crippen LogP contribution in [0.25, 0.3) is 0 Å². The fourth-order valence-electron chi connectivity index (χ4n) is 6.08. The topological polar surface area (TPSA) is 51.0 Å². The summed E-state index contributed by atoms with van der Waals surface area (Å²) in [6.45, 7) is 8.98. The van der Waals surface area contributed by atoms with Crippen LogP contribution in [-0.4, -0.2) is 32.3 Å². The molecule has 27 heavy (non-hydrogen) atoms. The molecule has 2 saturated carbocycles. The van der Waals surface area contributed by atoms with Crippen LogP contribution in [0.1, 0.15) is 49.7 Å². The van der Waals surface area contributed by atoms with Gasteiger partial charge in [0.05, 0.1) is 11.8 Å². The molecule has 1 aromatic carbocycles. The molecule has 1 N–H and O–H groups in total. The fraction of sp³-hybridized carbons (Fsp3) is 0.682. The summed E-state index contributed by atoms with van der Waals surface area (Å²) >= 11 is 0. The van der Waals surface area contributed by atoms with Crippen molar-refractivity contribution in [2.75, 3.05) is 7.11 Å². The van der Waals surface area contributed by atoms with Gasteiger partial charge in [-0.05, 0) is 86.3 Å². The molecular weight excluding hydrogens is 354 g/mol. The maximum atomic E-state index is 10.9. The minimum atomic E-state index is -1.59. The molecule has 0 bridgehead atoms. The van der Waals surface area contributed by atoms with Crippen LogP contribution >= 0.6 is 0 Å². The molecule has 0 aliphatic heterocycles. The molecule has 0 amide bonds. The van der Waals surface area contributed by atoms with Crippen LogP contribution in [0.2, 0.25) is 19.6 Å². The Hall–Kier alpha value is -1.33. The maximum Gasteiger partial charge on any atom is 0.242 e. The monoisotopic (exact) mass is 387 g/mol. The summed E-state index contributed by atoms with van der Waals surface area (Å²) in [4.78, 5) is 5.10. The Kier molecular flexibility index (Phi) is 4.66. The summed E-state index contributed by atoms with van der Waals surface area (Å²) in [6.07, 6.45) is 4.82. The lowest BCUT2D eigenvalue weighted by Crippen LogP contribution is -2.45. The molecule has 3 aliphatic carbocycles. The highest BCUT2D eigenvalue weighted by molar-refractivity contribution is 6.70. The van der Waals surface area contributed by atoms with Crippen molar-refractivity contribution in [3.05, 3.63) is 29.3 Å². The second-order valence-corrected chi connectivity index (χ2v) is 14.3. The quantitative estimate of drug-likeness (QED) is 0.602. The van der Waals surface area contributed by atoms with Crippen molar-refractivity contribution in [3.8, 4) is 5.75 Å². The number of fused-ring (bicyclic) bond motifs is 5. The number of benzene rings is 1. The van der Waals surface area contributed by atoms with Crippen molar-refractivity contribution in [2.24, 2.45) is 22.4 Å². The first-order chi connectivity index (χ1) is 12.7. The predicted octanol–water partition coefficient (Wildman–Crippen LogP) is 4.73. The predicted molar refractivity (Wildman–Crippen MR) is 111 cm³/mol. The molecule has 2 fully saturated rings. The highest BCUT2D eigenvalue weighted by Gasteiger charge is 2.57. The third kappa shape index (κ3) is 3.23. The molecule has 0 aromatic heterocycles. The number of aryl methyl sites for hydroxylation is 1. The molecule has 5 heteroatoms. The Morgan fingerprint density at radius 2 is 2.00 bits per heavy atom. The van der Waals surface area contributed by atoms with E-state index in [0.717, 1.165) is 37.1 Å². The van der Waals surface area contributed by atoms with E-state index >= 15 is 0 Å². The van der Waals surface area contributed by atoms with Crippen LogP contribution in [0.15, 0.2) is 23.4 Å². The van der Waals surface area contributed by atoms with E-state index in [2.05, 4.69) is 49.9 Å². The van der Waals surface area contributed by atoms with Crippen LogP contribution in [0.3, 0.4) is 0 Å². The molecular formula is C22H33NO3Si. The van der Waals surface area contributed by atoms with E-state index in [-0.39, 0.29) is 17.4 Å². The van der Waals surface area contributed by atoms with Crippen LogP contribution < -0.4 is 4.43 Å². The molecule has 148 valence electrons. The zero-order valence-electron chi connectivity index (χ0n) is 17.3. The molecule has 4 nitrogen and oxygen atoms in total. The minimum absolute atomic E-state index is 0.0189. The van der Waals surface area contributed by atoms with Gasteiger partial charge in [0, 0.05) is 11.8 Å². The number of nitrogens with zero attached hydrogens (tertiary/aromatic N) is 1. The summed E-state index contributed by atoms with van der Waals surface area (Å²) in [7, 11) is 0.0215. The van der Waals surface area contributed by atoms with Gasteiger partial charge in [-0.25, -0.2) is 0 Å². The van der Waals surface area contributed by atoms with Gasteiger partial charge in [-0.2, -0.15) is 0 Å². The Bertz CT molecular complexity index is 756. The van der Waals surface area contributed by atoms with Gasteiger partial charge in [0.25, 0.3) is 0 Å². The number of oxime groups is 1. The lowest BCUT2D eigenvalue weighted by atomic mass is 9.55. The molecule has 5 unspecified atom stereocenters. The minimum Gasteiger partial charge on any atom is -0.544 e. The van der Waals surface area contributed by atoms with Crippen molar-refractivity contribution in [2.45, 2.75) is 70.7 Å². The Balaban J connectivity index is 1.64.